The first-order chi connectivity index (χ1) is 4.20. The average Bonchev–Trinajstić information content (AvgIpc) is 1.81. The third-order valence-electron chi connectivity index (χ3n) is 1.35. The number of β-amino-alcohol motifs (C(OH)–C–C–N with tert-alkyl or cyclic N) is 1. The second-order valence-electron chi connectivity index (χ2n) is 2.19. The van der Waals surface area contributed by atoms with Crippen LogP contribution in [0.25, 0.3) is 0 Å². The molecule has 0 bridgehead atoms. The van der Waals surface area contributed by atoms with Gasteiger partial charge in [-0.05, 0) is 0 Å². The van der Waals surface area contributed by atoms with Crippen molar-refractivity contribution in [2.24, 2.45) is 0 Å². The Morgan fingerprint density at radius 1 is 1.78 bits per heavy atom. The molecule has 0 unspecified atom stereocenters. The fourth-order valence-electron chi connectivity index (χ4n) is 0.791. The summed E-state index contributed by atoms with van der Waals surface area (Å²) in [6.07, 6.45) is 5.61. The Morgan fingerprint density at radius 3 is 2.67 bits per heavy atom. The minimum atomic E-state index is -1.04. The summed E-state index contributed by atoms with van der Waals surface area (Å²) in [5.41, 5.74) is -1.04. The third-order valence-corrected chi connectivity index (χ3v) is 1.35. The van der Waals surface area contributed by atoms with E-state index in [2.05, 4.69) is 5.92 Å². The Hall–Kier alpha value is -1.01. The van der Waals surface area contributed by atoms with E-state index in [0.29, 0.717) is 6.41 Å². The number of likely N-dealkylation sites (tertiary alicyclic amines) is 1. The Balaban J connectivity index is 2.43. The monoisotopic (exact) mass is 125 g/mol. The third kappa shape index (κ3) is 0.889. The smallest absolute Gasteiger partial charge is 0.209 e. The van der Waals surface area contributed by atoms with Gasteiger partial charge in [-0.2, -0.15) is 0 Å². The van der Waals surface area contributed by atoms with Crippen LogP contribution in [-0.2, 0) is 4.79 Å². The van der Waals surface area contributed by atoms with Crippen LogP contribution in [0, 0.1) is 12.3 Å². The van der Waals surface area contributed by atoms with Crippen molar-refractivity contribution in [1.82, 2.24) is 4.90 Å². The molecule has 1 heterocycles. The standard InChI is InChI=1S/C6H7NO2/c1-2-6(9)3-7(4-6)5-8/h1,5,9H,3-4H2. The molecule has 48 valence electrons. The Morgan fingerprint density at radius 2 is 2.33 bits per heavy atom. The van der Waals surface area contributed by atoms with Gasteiger partial charge >= 0.3 is 0 Å². The molecule has 0 aromatic carbocycles. The van der Waals surface area contributed by atoms with Crippen LogP contribution in [0.3, 0.4) is 0 Å². The molecule has 0 radical (unpaired) electrons. The molecule has 3 heteroatoms. The molecule has 1 N–H and O–H groups in total. The predicted octanol–water partition coefficient (Wildman–Crippen LogP) is -1.18. The average molecular weight is 125 g/mol. The van der Waals surface area contributed by atoms with E-state index >= 15 is 0 Å². The van der Waals surface area contributed by atoms with Crippen molar-refractivity contribution in [1.29, 1.82) is 0 Å². The van der Waals surface area contributed by atoms with Crippen LogP contribution < -0.4 is 0 Å². The summed E-state index contributed by atoms with van der Waals surface area (Å²) < 4.78 is 0. The van der Waals surface area contributed by atoms with Gasteiger partial charge in [-0.25, -0.2) is 0 Å². The number of terminal acetylenes is 1. The van der Waals surface area contributed by atoms with E-state index < -0.39 is 5.60 Å². The first-order valence-electron chi connectivity index (χ1n) is 2.60. The highest BCUT2D eigenvalue weighted by Crippen LogP contribution is 2.16. The summed E-state index contributed by atoms with van der Waals surface area (Å²) in [6.45, 7) is 0.542. The van der Waals surface area contributed by atoms with Crippen LogP contribution in [-0.4, -0.2) is 35.1 Å². The maximum atomic E-state index is 9.94. The van der Waals surface area contributed by atoms with Gasteiger partial charge in [-0.15, -0.1) is 6.42 Å². The van der Waals surface area contributed by atoms with Gasteiger partial charge in [-0.1, -0.05) is 5.92 Å². The lowest BCUT2D eigenvalue weighted by atomic mass is 9.97. The molecule has 1 saturated heterocycles. The zero-order valence-corrected chi connectivity index (χ0v) is 4.87. The van der Waals surface area contributed by atoms with E-state index in [4.69, 9.17) is 11.5 Å². The molecular formula is C6H7NO2. The van der Waals surface area contributed by atoms with E-state index in [-0.39, 0.29) is 13.1 Å². The number of aliphatic hydroxyl groups is 1. The molecule has 3 nitrogen and oxygen atoms in total. The van der Waals surface area contributed by atoms with E-state index in [1.165, 1.54) is 4.90 Å². The quantitative estimate of drug-likeness (QED) is 0.354. The lowest BCUT2D eigenvalue weighted by Gasteiger charge is -2.40. The van der Waals surface area contributed by atoms with E-state index in [0.717, 1.165) is 0 Å². The van der Waals surface area contributed by atoms with Crippen molar-refractivity contribution in [2.45, 2.75) is 5.60 Å². The van der Waals surface area contributed by atoms with Crippen molar-refractivity contribution in [2.75, 3.05) is 13.1 Å². The Bertz CT molecular complexity index is 164. The molecule has 0 aromatic rings. The fourth-order valence-corrected chi connectivity index (χ4v) is 0.791. The molecule has 1 aliphatic heterocycles. The maximum Gasteiger partial charge on any atom is 0.209 e. The number of amides is 1. The first kappa shape index (κ1) is 6.12. The highest BCUT2D eigenvalue weighted by Gasteiger charge is 2.38. The normalized spacial score (nSPS) is 22.0. The van der Waals surface area contributed by atoms with Gasteiger partial charge in [0.05, 0.1) is 13.1 Å². The van der Waals surface area contributed by atoms with E-state index in [9.17, 15) is 4.79 Å². The molecular weight excluding hydrogens is 118 g/mol. The van der Waals surface area contributed by atoms with Crippen LogP contribution in [0.15, 0.2) is 0 Å². The van der Waals surface area contributed by atoms with Gasteiger partial charge in [0, 0.05) is 0 Å². The van der Waals surface area contributed by atoms with Gasteiger partial charge in [0.1, 0.15) is 0 Å². The minimum Gasteiger partial charge on any atom is -0.374 e. The van der Waals surface area contributed by atoms with E-state index in [1.807, 2.05) is 0 Å². The van der Waals surface area contributed by atoms with Crippen molar-refractivity contribution >= 4 is 6.41 Å². The SMILES string of the molecule is C#CC1(O)CN(C=O)C1. The summed E-state index contributed by atoms with van der Waals surface area (Å²) in [6, 6.07) is 0. The molecule has 0 aromatic heterocycles. The van der Waals surface area contributed by atoms with Gasteiger partial charge in [0.15, 0.2) is 5.60 Å². The van der Waals surface area contributed by atoms with Crippen LogP contribution in [0.2, 0.25) is 0 Å². The zero-order chi connectivity index (χ0) is 6.91. The minimum absolute atomic E-state index is 0.271. The molecule has 0 spiro atoms. The maximum absolute atomic E-state index is 9.94. The Kier molecular flexibility index (Phi) is 1.19. The number of hydrogen-bond acceptors (Lipinski definition) is 2. The van der Waals surface area contributed by atoms with Gasteiger partial charge < -0.3 is 10.0 Å². The number of rotatable bonds is 1. The van der Waals surface area contributed by atoms with E-state index in [1.54, 1.807) is 0 Å². The van der Waals surface area contributed by atoms with Gasteiger partial charge in [0.2, 0.25) is 6.41 Å². The number of carbonyl (C=O) groups excluding carboxylic acids is 1. The summed E-state index contributed by atoms with van der Waals surface area (Å²) in [5.74, 6) is 2.20. The molecule has 1 amide bonds. The van der Waals surface area contributed by atoms with Crippen LogP contribution in [0.4, 0.5) is 0 Å². The summed E-state index contributed by atoms with van der Waals surface area (Å²) in [4.78, 5) is 11.4. The second kappa shape index (κ2) is 1.74. The molecule has 0 aliphatic carbocycles. The molecule has 1 fully saturated rings. The van der Waals surface area contributed by atoms with Crippen LogP contribution in [0.1, 0.15) is 0 Å². The number of hydrogen-bond donors (Lipinski definition) is 1. The molecule has 0 saturated carbocycles. The number of carbonyl (C=O) groups is 1. The van der Waals surface area contributed by atoms with Gasteiger partial charge in [-0.3, -0.25) is 4.79 Å². The second-order valence-corrected chi connectivity index (χ2v) is 2.19. The first-order valence-corrected chi connectivity index (χ1v) is 2.60. The van der Waals surface area contributed by atoms with Crippen LogP contribution >= 0.6 is 0 Å². The molecule has 9 heavy (non-hydrogen) atoms. The largest absolute Gasteiger partial charge is 0.374 e. The van der Waals surface area contributed by atoms with Crippen molar-refractivity contribution in [3.05, 3.63) is 0 Å². The summed E-state index contributed by atoms with van der Waals surface area (Å²) in [7, 11) is 0. The molecule has 1 rings (SSSR count). The van der Waals surface area contributed by atoms with Crippen LogP contribution in [0.5, 0.6) is 0 Å². The summed E-state index contributed by atoms with van der Waals surface area (Å²) in [5, 5.41) is 9.08. The topological polar surface area (TPSA) is 40.5 Å². The lowest BCUT2D eigenvalue weighted by Crippen LogP contribution is -2.60. The lowest BCUT2D eigenvalue weighted by molar-refractivity contribution is -0.133. The van der Waals surface area contributed by atoms with Crippen molar-refractivity contribution < 1.29 is 9.90 Å². The van der Waals surface area contributed by atoms with Crippen molar-refractivity contribution in [3.63, 3.8) is 0 Å². The fraction of sp³-hybridized carbons (Fsp3) is 0.500. The highest BCUT2D eigenvalue weighted by molar-refractivity contribution is 5.51. The molecule has 1 aliphatic rings. The zero-order valence-electron chi connectivity index (χ0n) is 4.87. The number of nitrogens with zero attached hydrogens (tertiary/aromatic N) is 1. The Labute approximate surface area is 53.3 Å². The highest BCUT2D eigenvalue weighted by atomic mass is 16.3. The molecule has 0 atom stereocenters. The van der Waals surface area contributed by atoms with Gasteiger partial charge in [0.25, 0.3) is 0 Å². The predicted molar refractivity (Wildman–Crippen MR) is 31.4 cm³/mol. The summed E-state index contributed by atoms with van der Waals surface area (Å²) >= 11 is 0. The van der Waals surface area contributed by atoms with Crippen molar-refractivity contribution in [3.8, 4) is 12.3 Å².